The maximum Gasteiger partial charge on any atom is 0.278 e. The van der Waals surface area contributed by atoms with Crippen molar-refractivity contribution in [3.05, 3.63) is 41.8 Å². The average molecular weight is 290 g/mol. The molecule has 0 bridgehead atoms. The van der Waals surface area contributed by atoms with Crippen molar-refractivity contribution >= 4 is 11.6 Å². The van der Waals surface area contributed by atoms with E-state index in [1.807, 2.05) is 29.0 Å². The first-order chi connectivity index (χ1) is 9.78. The van der Waals surface area contributed by atoms with Crippen LogP contribution in [0.15, 0.2) is 41.3 Å². The minimum Gasteiger partial charge on any atom is -0.335 e. The highest BCUT2D eigenvalue weighted by molar-refractivity contribution is 6.33. The van der Waals surface area contributed by atoms with Gasteiger partial charge in [0.1, 0.15) is 5.69 Å². The first-order valence-corrected chi connectivity index (χ1v) is 6.46. The summed E-state index contributed by atoms with van der Waals surface area (Å²) in [6.45, 7) is 1.24. The number of rotatable bonds is 4. The summed E-state index contributed by atoms with van der Waals surface area (Å²) in [6, 6.07) is 7.33. The van der Waals surface area contributed by atoms with Gasteiger partial charge in [0.05, 0.1) is 11.3 Å². The maximum atomic E-state index is 6.10. The molecule has 1 aromatic carbocycles. The summed E-state index contributed by atoms with van der Waals surface area (Å²) in [5.41, 5.74) is 6.83. The van der Waals surface area contributed by atoms with Crippen LogP contribution in [0.2, 0.25) is 5.02 Å². The first kappa shape index (κ1) is 12.8. The Balaban J connectivity index is 1.91. The van der Waals surface area contributed by atoms with Crippen molar-refractivity contribution < 1.29 is 4.52 Å². The smallest absolute Gasteiger partial charge is 0.278 e. The number of hydrogen-bond acceptors (Lipinski definition) is 5. The molecule has 0 amide bonds. The molecular weight excluding hydrogens is 278 g/mol. The second-order valence-corrected chi connectivity index (χ2v) is 4.60. The van der Waals surface area contributed by atoms with Crippen LogP contribution in [0.4, 0.5) is 0 Å². The predicted octanol–water partition coefficient (Wildman–Crippen LogP) is 2.21. The van der Waals surface area contributed by atoms with E-state index in [4.69, 9.17) is 21.9 Å². The normalized spacial score (nSPS) is 10.9. The summed E-state index contributed by atoms with van der Waals surface area (Å²) < 4.78 is 7.09. The number of hydrogen-bond donors (Lipinski definition) is 1. The van der Waals surface area contributed by atoms with Crippen LogP contribution in [0.1, 0.15) is 0 Å². The molecule has 0 aliphatic heterocycles. The van der Waals surface area contributed by atoms with Crippen LogP contribution >= 0.6 is 11.6 Å². The highest BCUT2D eigenvalue weighted by Gasteiger charge is 2.14. The van der Waals surface area contributed by atoms with Gasteiger partial charge in [-0.2, -0.15) is 4.98 Å². The third-order valence-corrected chi connectivity index (χ3v) is 3.11. The largest absolute Gasteiger partial charge is 0.335 e. The Hall–Kier alpha value is -2.18. The van der Waals surface area contributed by atoms with E-state index in [-0.39, 0.29) is 0 Å². The fourth-order valence-corrected chi connectivity index (χ4v) is 2.04. The summed E-state index contributed by atoms with van der Waals surface area (Å²) >= 11 is 6.10. The van der Waals surface area contributed by atoms with Crippen molar-refractivity contribution in [2.45, 2.75) is 6.54 Å². The van der Waals surface area contributed by atoms with Gasteiger partial charge < -0.3 is 14.8 Å². The topological polar surface area (TPSA) is 82.8 Å². The molecule has 2 aromatic heterocycles. The third kappa shape index (κ3) is 2.43. The number of imidazole rings is 1. The minimum atomic E-state index is 0.357. The van der Waals surface area contributed by atoms with E-state index < -0.39 is 0 Å². The molecule has 0 atom stereocenters. The summed E-state index contributed by atoms with van der Waals surface area (Å²) in [5, 5.41) is 4.51. The van der Waals surface area contributed by atoms with Crippen molar-refractivity contribution in [3.63, 3.8) is 0 Å². The molecule has 3 aromatic rings. The van der Waals surface area contributed by atoms with Crippen molar-refractivity contribution in [2.75, 3.05) is 6.54 Å². The van der Waals surface area contributed by atoms with Gasteiger partial charge in [0, 0.05) is 24.8 Å². The van der Waals surface area contributed by atoms with Gasteiger partial charge in [-0.15, -0.1) is 0 Å². The molecule has 0 aliphatic rings. The molecule has 0 saturated heterocycles. The predicted molar refractivity (Wildman–Crippen MR) is 75.0 cm³/mol. The second kappa shape index (κ2) is 5.44. The standard InChI is InChI=1S/C13H12ClN5O/c14-10-4-2-1-3-9(10)12-17-13(20-18-12)11-7-19(6-5-15)8-16-11/h1-4,7-8H,5-6,15H2. The zero-order valence-electron chi connectivity index (χ0n) is 10.5. The molecule has 0 spiro atoms. The molecule has 7 heteroatoms. The molecule has 0 fully saturated rings. The molecule has 6 nitrogen and oxygen atoms in total. The third-order valence-electron chi connectivity index (χ3n) is 2.78. The molecule has 0 unspecified atom stereocenters. The minimum absolute atomic E-state index is 0.357. The molecule has 0 aliphatic carbocycles. The summed E-state index contributed by atoms with van der Waals surface area (Å²) in [7, 11) is 0. The van der Waals surface area contributed by atoms with Gasteiger partial charge in [0.15, 0.2) is 0 Å². The van der Waals surface area contributed by atoms with Gasteiger partial charge in [0.25, 0.3) is 5.89 Å². The van der Waals surface area contributed by atoms with Crippen LogP contribution in [0.3, 0.4) is 0 Å². The zero-order chi connectivity index (χ0) is 13.9. The number of aromatic nitrogens is 4. The maximum absolute atomic E-state index is 6.10. The highest BCUT2D eigenvalue weighted by atomic mass is 35.5. The monoisotopic (exact) mass is 289 g/mol. The van der Waals surface area contributed by atoms with Crippen LogP contribution in [-0.2, 0) is 6.54 Å². The van der Waals surface area contributed by atoms with Gasteiger partial charge in [0.2, 0.25) is 5.82 Å². The summed E-state index contributed by atoms with van der Waals surface area (Å²) in [5.74, 6) is 0.801. The lowest BCUT2D eigenvalue weighted by atomic mass is 10.2. The Morgan fingerprint density at radius 2 is 2.15 bits per heavy atom. The van der Waals surface area contributed by atoms with Gasteiger partial charge in [-0.3, -0.25) is 0 Å². The molecular formula is C13H12ClN5O. The first-order valence-electron chi connectivity index (χ1n) is 6.09. The van der Waals surface area contributed by atoms with Crippen molar-refractivity contribution in [1.29, 1.82) is 0 Å². The molecule has 2 N–H and O–H groups in total. The molecule has 2 heterocycles. The van der Waals surface area contributed by atoms with Crippen LogP contribution in [-0.4, -0.2) is 26.2 Å². The van der Waals surface area contributed by atoms with Gasteiger partial charge in [-0.1, -0.05) is 28.9 Å². The zero-order valence-corrected chi connectivity index (χ0v) is 11.3. The lowest BCUT2D eigenvalue weighted by Crippen LogP contribution is -2.07. The van der Waals surface area contributed by atoms with E-state index in [9.17, 15) is 0 Å². The highest BCUT2D eigenvalue weighted by Crippen LogP contribution is 2.26. The van der Waals surface area contributed by atoms with E-state index in [1.54, 1.807) is 12.4 Å². The number of nitrogens with zero attached hydrogens (tertiary/aromatic N) is 4. The van der Waals surface area contributed by atoms with Crippen LogP contribution in [0, 0.1) is 0 Å². The fourth-order valence-electron chi connectivity index (χ4n) is 1.82. The van der Waals surface area contributed by atoms with Gasteiger partial charge in [-0.25, -0.2) is 4.98 Å². The van der Waals surface area contributed by atoms with Crippen molar-refractivity contribution in [3.8, 4) is 23.0 Å². The Bertz CT molecular complexity index is 721. The molecule has 3 rings (SSSR count). The fraction of sp³-hybridized carbons (Fsp3) is 0.154. The van der Waals surface area contributed by atoms with Crippen LogP contribution in [0.25, 0.3) is 23.0 Å². The van der Waals surface area contributed by atoms with Crippen molar-refractivity contribution in [1.82, 2.24) is 19.7 Å². The lowest BCUT2D eigenvalue weighted by molar-refractivity contribution is 0.431. The van der Waals surface area contributed by atoms with E-state index >= 15 is 0 Å². The van der Waals surface area contributed by atoms with E-state index in [2.05, 4.69) is 15.1 Å². The lowest BCUT2D eigenvalue weighted by Gasteiger charge is -1.95. The van der Waals surface area contributed by atoms with Gasteiger partial charge >= 0.3 is 0 Å². The number of nitrogens with two attached hydrogens (primary N) is 1. The Morgan fingerprint density at radius 3 is 2.95 bits per heavy atom. The van der Waals surface area contributed by atoms with E-state index in [0.717, 1.165) is 5.56 Å². The number of benzene rings is 1. The molecule has 0 saturated carbocycles. The second-order valence-electron chi connectivity index (χ2n) is 4.19. The van der Waals surface area contributed by atoms with Gasteiger partial charge in [-0.05, 0) is 12.1 Å². The van der Waals surface area contributed by atoms with Crippen molar-refractivity contribution in [2.24, 2.45) is 5.73 Å². The Labute approximate surface area is 120 Å². The van der Waals surface area contributed by atoms with Crippen LogP contribution in [0.5, 0.6) is 0 Å². The van der Waals surface area contributed by atoms with E-state index in [0.29, 0.717) is 35.5 Å². The molecule has 102 valence electrons. The summed E-state index contributed by atoms with van der Waals surface area (Å²) in [6.07, 6.45) is 3.50. The Morgan fingerprint density at radius 1 is 1.30 bits per heavy atom. The van der Waals surface area contributed by atoms with E-state index in [1.165, 1.54) is 0 Å². The Kier molecular flexibility index (Phi) is 3.49. The average Bonchev–Trinajstić information content (AvgIpc) is 3.08. The molecule has 0 radical (unpaired) electrons. The summed E-state index contributed by atoms with van der Waals surface area (Å²) in [4.78, 5) is 8.53. The molecule has 20 heavy (non-hydrogen) atoms. The number of halogens is 1. The quantitative estimate of drug-likeness (QED) is 0.796. The van der Waals surface area contributed by atoms with Crippen LogP contribution < -0.4 is 5.73 Å². The SMILES string of the molecule is NCCn1cnc(-c2nc(-c3ccccc3Cl)no2)c1.